The monoisotopic (exact) mass is 537 g/mol. The van der Waals surface area contributed by atoms with E-state index >= 15 is 0 Å². The third-order valence-corrected chi connectivity index (χ3v) is 6.00. The van der Waals surface area contributed by atoms with Crippen LogP contribution in [0.4, 0.5) is 16.3 Å². The van der Waals surface area contributed by atoms with Gasteiger partial charge < -0.3 is 14.8 Å². The molecule has 0 unspecified atom stereocenters. The molecular weight excluding hydrogens is 510 g/mol. The minimum absolute atomic E-state index is 0.245. The SMILES string of the molecule is Cc1ccc(Nc2ccc3c(c2)ncn3-c2ccc([C@H](C)OC(=O)OC(C)C)c(-n3nc(C#N)cc3C)n2)nn1. The Balaban J connectivity index is 1.52. The van der Waals surface area contributed by atoms with Crippen LogP contribution in [0, 0.1) is 25.2 Å². The first-order chi connectivity index (χ1) is 19.2. The van der Waals surface area contributed by atoms with Crippen LogP contribution in [0.2, 0.25) is 0 Å². The number of anilines is 2. The molecule has 202 valence electrons. The van der Waals surface area contributed by atoms with Crippen LogP contribution >= 0.6 is 0 Å². The minimum atomic E-state index is -0.783. The summed E-state index contributed by atoms with van der Waals surface area (Å²) in [4.78, 5) is 21.7. The summed E-state index contributed by atoms with van der Waals surface area (Å²) < 4.78 is 14.1. The number of fused-ring (bicyclic) bond motifs is 1. The Morgan fingerprint density at radius 1 is 1.02 bits per heavy atom. The molecule has 0 bridgehead atoms. The number of pyridine rings is 1. The van der Waals surface area contributed by atoms with Gasteiger partial charge in [0, 0.05) is 16.9 Å². The Labute approximate surface area is 230 Å². The second-order valence-corrected chi connectivity index (χ2v) is 9.46. The zero-order chi connectivity index (χ0) is 28.4. The van der Waals surface area contributed by atoms with Gasteiger partial charge in [0.05, 0.1) is 22.8 Å². The molecule has 5 rings (SSSR count). The third-order valence-electron chi connectivity index (χ3n) is 6.00. The minimum Gasteiger partial charge on any atom is -0.432 e. The number of rotatable bonds is 7. The summed E-state index contributed by atoms with van der Waals surface area (Å²) in [6.07, 6.45) is -0.118. The van der Waals surface area contributed by atoms with E-state index in [4.69, 9.17) is 14.5 Å². The van der Waals surface area contributed by atoms with Crippen LogP contribution in [0.25, 0.3) is 22.7 Å². The number of imidazole rings is 1. The van der Waals surface area contributed by atoms with Crippen molar-refractivity contribution >= 4 is 28.7 Å². The van der Waals surface area contributed by atoms with Crippen LogP contribution in [0.15, 0.2) is 54.9 Å². The fourth-order valence-electron chi connectivity index (χ4n) is 4.13. The highest BCUT2D eigenvalue weighted by atomic mass is 16.7. The molecule has 5 aromatic rings. The van der Waals surface area contributed by atoms with Gasteiger partial charge in [-0.1, -0.05) is 0 Å². The molecule has 0 saturated heterocycles. The van der Waals surface area contributed by atoms with E-state index in [-0.39, 0.29) is 11.8 Å². The molecule has 12 heteroatoms. The summed E-state index contributed by atoms with van der Waals surface area (Å²) in [5, 5.41) is 25.2. The average molecular weight is 538 g/mol. The maximum atomic E-state index is 12.2. The molecular formula is C28H27N9O3. The van der Waals surface area contributed by atoms with Crippen molar-refractivity contribution in [2.45, 2.75) is 46.8 Å². The van der Waals surface area contributed by atoms with E-state index < -0.39 is 12.3 Å². The first-order valence-corrected chi connectivity index (χ1v) is 12.6. The second kappa shape index (κ2) is 10.8. The lowest BCUT2D eigenvalue weighted by atomic mass is 10.1. The lowest BCUT2D eigenvalue weighted by Crippen LogP contribution is -2.17. The van der Waals surface area contributed by atoms with Gasteiger partial charge in [-0.2, -0.15) is 15.5 Å². The summed E-state index contributed by atoms with van der Waals surface area (Å²) in [5.41, 5.74) is 4.76. The highest BCUT2D eigenvalue weighted by molar-refractivity contribution is 5.82. The van der Waals surface area contributed by atoms with E-state index in [1.54, 1.807) is 37.8 Å². The molecule has 4 aromatic heterocycles. The zero-order valence-electron chi connectivity index (χ0n) is 22.7. The number of nitrogens with zero attached hydrogens (tertiary/aromatic N) is 8. The van der Waals surface area contributed by atoms with Gasteiger partial charge >= 0.3 is 6.16 Å². The number of hydrogen-bond acceptors (Lipinski definition) is 10. The molecule has 1 atom stereocenters. The molecule has 0 spiro atoms. The van der Waals surface area contributed by atoms with Crippen LogP contribution in [-0.4, -0.2) is 46.8 Å². The van der Waals surface area contributed by atoms with Crippen LogP contribution < -0.4 is 5.32 Å². The number of aromatic nitrogens is 7. The van der Waals surface area contributed by atoms with E-state index in [9.17, 15) is 10.1 Å². The molecule has 12 nitrogen and oxygen atoms in total. The quantitative estimate of drug-likeness (QED) is 0.273. The molecule has 1 aromatic carbocycles. The van der Waals surface area contributed by atoms with Gasteiger partial charge in [-0.05, 0) is 83.1 Å². The van der Waals surface area contributed by atoms with Gasteiger partial charge in [-0.15, -0.1) is 5.10 Å². The summed E-state index contributed by atoms with van der Waals surface area (Å²) >= 11 is 0. The molecule has 0 aliphatic rings. The van der Waals surface area contributed by atoms with Crippen molar-refractivity contribution in [3.05, 3.63) is 77.5 Å². The van der Waals surface area contributed by atoms with E-state index in [1.807, 2.05) is 60.9 Å². The first kappa shape index (κ1) is 26.3. The summed E-state index contributed by atoms with van der Waals surface area (Å²) in [6, 6.07) is 16.9. The molecule has 0 radical (unpaired) electrons. The second-order valence-electron chi connectivity index (χ2n) is 9.46. The maximum Gasteiger partial charge on any atom is 0.509 e. The molecule has 0 aliphatic heterocycles. The van der Waals surface area contributed by atoms with Gasteiger partial charge in [-0.25, -0.2) is 19.4 Å². The highest BCUT2D eigenvalue weighted by Gasteiger charge is 2.22. The number of aryl methyl sites for hydroxylation is 2. The smallest absolute Gasteiger partial charge is 0.432 e. The van der Waals surface area contributed by atoms with Crippen molar-refractivity contribution in [1.29, 1.82) is 5.26 Å². The van der Waals surface area contributed by atoms with E-state index in [0.29, 0.717) is 28.7 Å². The number of carbonyl (C=O) groups excluding carboxylic acids is 1. The third kappa shape index (κ3) is 5.44. The zero-order valence-corrected chi connectivity index (χ0v) is 22.7. The molecule has 0 amide bonds. The lowest BCUT2D eigenvalue weighted by Gasteiger charge is -2.19. The number of carbonyl (C=O) groups is 1. The van der Waals surface area contributed by atoms with Crippen LogP contribution in [0.5, 0.6) is 0 Å². The summed E-state index contributed by atoms with van der Waals surface area (Å²) in [5.74, 6) is 1.61. The van der Waals surface area contributed by atoms with Crippen molar-refractivity contribution in [1.82, 2.24) is 34.5 Å². The molecule has 4 heterocycles. The standard InChI is InChI=1S/C28H27N9O3/c1-16(2)39-28(38)40-19(5)22-8-11-26(32-27(22)37-18(4)12-21(14-29)35-37)36-15-30-23-13-20(7-9-24(23)36)31-25-10-6-17(3)33-34-25/h6-13,15-16,19H,1-5H3,(H,31,34)/t19-/m0/s1. The first-order valence-electron chi connectivity index (χ1n) is 12.6. The van der Waals surface area contributed by atoms with Gasteiger partial charge in [0.25, 0.3) is 0 Å². The number of benzene rings is 1. The maximum absolute atomic E-state index is 12.2. The van der Waals surface area contributed by atoms with Crippen molar-refractivity contribution in [2.75, 3.05) is 5.32 Å². The van der Waals surface area contributed by atoms with Crippen LogP contribution in [0.1, 0.15) is 49.5 Å². The van der Waals surface area contributed by atoms with Crippen LogP contribution in [-0.2, 0) is 9.47 Å². The number of nitrogens with one attached hydrogen (secondary N) is 1. The predicted octanol–water partition coefficient (Wildman–Crippen LogP) is 5.25. The highest BCUT2D eigenvalue weighted by Crippen LogP contribution is 2.28. The van der Waals surface area contributed by atoms with Crippen molar-refractivity contribution in [3.8, 4) is 17.7 Å². The van der Waals surface area contributed by atoms with Gasteiger partial charge in [-0.3, -0.25) is 4.57 Å². The lowest BCUT2D eigenvalue weighted by molar-refractivity contribution is 0.0113. The Bertz CT molecular complexity index is 1730. The van der Waals surface area contributed by atoms with E-state index in [2.05, 4.69) is 31.7 Å². The van der Waals surface area contributed by atoms with Crippen LogP contribution in [0.3, 0.4) is 0 Å². The Morgan fingerprint density at radius 2 is 1.85 bits per heavy atom. The summed E-state index contributed by atoms with van der Waals surface area (Å²) in [7, 11) is 0. The average Bonchev–Trinajstić information content (AvgIpc) is 3.52. The fraction of sp³-hybridized carbons (Fsp3) is 0.250. The molecule has 0 fully saturated rings. The molecule has 40 heavy (non-hydrogen) atoms. The Kier molecular flexibility index (Phi) is 7.11. The number of nitriles is 1. The van der Waals surface area contributed by atoms with Crippen molar-refractivity contribution in [2.24, 2.45) is 0 Å². The largest absolute Gasteiger partial charge is 0.509 e. The summed E-state index contributed by atoms with van der Waals surface area (Å²) in [6.45, 7) is 8.92. The topological polar surface area (TPSA) is 146 Å². The Morgan fingerprint density at radius 3 is 2.55 bits per heavy atom. The predicted molar refractivity (Wildman–Crippen MR) is 147 cm³/mol. The fourth-order valence-corrected chi connectivity index (χ4v) is 4.13. The number of ether oxygens (including phenoxy) is 2. The van der Waals surface area contributed by atoms with Crippen molar-refractivity contribution < 1.29 is 14.3 Å². The molecule has 0 aliphatic carbocycles. The van der Waals surface area contributed by atoms with Gasteiger partial charge in [0.15, 0.2) is 17.3 Å². The van der Waals surface area contributed by atoms with Crippen molar-refractivity contribution in [3.63, 3.8) is 0 Å². The molecule has 1 N–H and O–H groups in total. The van der Waals surface area contributed by atoms with Gasteiger partial charge in [0.1, 0.15) is 24.3 Å². The van der Waals surface area contributed by atoms with E-state index in [1.165, 1.54) is 0 Å². The number of hydrogen-bond donors (Lipinski definition) is 1. The normalized spacial score (nSPS) is 11.8. The molecule has 0 saturated carbocycles. The Hall–Kier alpha value is -5.31. The van der Waals surface area contributed by atoms with Gasteiger partial charge in [0.2, 0.25) is 0 Å². The van der Waals surface area contributed by atoms with E-state index in [0.717, 1.165) is 22.4 Å².